The van der Waals surface area contributed by atoms with Gasteiger partial charge in [-0.25, -0.2) is 4.79 Å². The number of ether oxygens (including phenoxy) is 1. The molecule has 1 aromatic carbocycles. The largest absolute Gasteiger partial charge is 0.468 e. The third-order valence-electron chi connectivity index (χ3n) is 6.96. The van der Waals surface area contributed by atoms with Crippen LogP contribution >= 0.6 is 0 Å². The Bertz CT molecular complexity index is 1710. The Morgan fingerprint density at radius 3 is 2.74 bits per heavy atom. The number of esters is 1. The van der Waals surface area contributed by atoms with Gasteiger partial charge in [-0.1, -0.05) is 24.3 Å². The third kappa shape index (κ3) is 4.20. The minimum Gasteiger partial charge on any atom is -0.468 e. The molecule has 2 N–H and O–H groups in total. The van der Waals surface area contributed by atoms with Crippen LogP contribution < -0.4 is 21.9 Å². The van der Waals surface area contributed by atoms with Crippen LogP contribution in [-0.2, 0) is 29.2 Å². The number of imidazole rings is 1. The lowest BCUT2D eigenvalue weighted by molar-refractivity contribution is -0.141. The second-order valence-electron chi connectivity index (χ2n) is 9.29. The predicted octanol–water partition coefficient (Wildman–Crippen LogP) is 0.948. The molecule has 1 aliphatic heterocycles. The van der Waals surface area contributed by atoms with Gasteiger partial charge in [0.25, 0.3) is 5.56 Å². The van der Waals surface area contributed by atoms with E-state index in [2.05, 4.69) is 16.0 Å². The monoisotopic (exact) mass is 516 g/mol. The number of nitrogens with two attached hydrogens (primary N) is 1. The average Bonchev–Trinajstić information content (AvgIpc) is 3.32. The fourth-order valence-corrected chi connectivity index (χ4v) is 5.09. The molecule has 0 radical (unpaired) electrons. The van der Waals surface area contributed by atoms with E-state index in [9.17, 15) is 19.6 Å². The van der Waals surface area contributed by atoms with Gasteiger partial charge >= 0.3 is 11.7 Å². The molecule has 0 bridgehead atoms. The van der Waals surface area contributed by atoms with Crippen molar-refractivity contribution in [3.63, 3.8) is 0 Å². The predicted molar refractivity (Wildman–Crippen MR) is 141 cm³/mol. The van der Waals surface area contributed by atoms with E-state index in [1.165, 1.54) is 7.11 Å². The summed E-state index contributed by atoms with van der Waals surface area (Å²) in [6.07, 6.45) is 3.37. The molecule has 1 saturated heterocycles. The van der Waals surface area contributed by atoms with Crippen LogP contribution in [0.2, 0.25) is 0 Å². The summed E-state index contributed by atoms with van der Waals surface area (Å²) in [5.41, 5.74) is 5.72. The van der Waals surface area contributed by atoms with Gasteiger partial charge in [-0.2, -0.15) is 10.2 Å². The van der Waals surface area contributed by atoms with E-state index in [0.717, 1.165) is 27.4 Å². The van der Waals surface area contributed by atoms with Crippen molar-refractivity contribution in [2.24, 2.45) is 5.73 Å². The first-order valence-corrected chi connectivity index (χ1v) is 12.5. The van der Waals surface area contributed by atoms with Gasteiger partial charge in [-0.3, -0.25) is 23.7 Å². The molecule has 12 heteroatoms. The molecule has 4 heterocycles. The van der Waals surface area contributed by atoms with Gasteiger partial charge < -0.3 is 19.9 Å². The highest BCUT2D eigenvalue weighted by atomic mass is 16.5. The smallest absolute Gasteiger partial charge is 0.333 e. The van der Waals surface area contributed by atoms with E-state index < -0.39 is 23.8 Å². The second kappa shape index (κ2) is 10.1. The van der Waals surface area contributed by atoms with E-state index in [1.54, 1.807) is 16.8 Å². The maximum atomic E-state index is 13.9. The summed E-state index contributed by atoms with van der Waals surface area (Å²) in [7, 11) is 1.23. The van der Waals surface area contributed by atoms with Crippen molar-refractivity contribution in [1.29, 1.82) is 5.26 Å². The van der Waals surface area contributed by atoms with E-state index in [1.807, 2.05) is 30.0 Å². The lowest BCUT2D eigenvalue weighted by atomic mass is 10.1. The summed E-state index contributed by atoms with van der Waals surface area (Å²) in [4.78, 5) is 51.0. The molecule has 38 heavy (non-hydrogen) atoms. The Morgan fingerprint density at radius 1 is 1.24 bits per heavy atom. The molecule has 4 aromatic rings. The summed E-state index contributed by atoms with van der Waals surface area (Å²) in [6.45, 7) is 2.88. The SMILES string of the molecule is CCn1c(N2CCCC(N)C2)nc2c1c(=O)n(Cc1ncc3ccccc3c1C#N)c(=O)n2CC(=O)OC. The van der Waals surface area contributed by atoms with E-state index in [-0.39, 0.29) is 35.0 Å². The van der Waals surface area contributed by atoms with Crippen LogP contribution in [0.15, 0.2) is 40.1 Å². The minimum atomic E-state index is -0.741. The molecule has 12 nitrogen and oxygen atoms in total. The summed E-state index contributed by atoms with van der Waals surface area (Å²) < 4.78 is 8.72. The minimum absolute atomic E-state index is 0.0360. The Morgan fingerprint density at radius 2 is 2.03 bits per heavy atom. The standard InChI is InChI=1S/C26H28N8O4/c1-3-32-22-23(30-25(32)31-10-6-8-17(28)13-31)33(15-21(35)38-2)26(37)34(24(22)36)14-20-19(11-27)18-9-5-4-7-16(18)12-29-20/h4-5,7,9,12,17H,3,6,8,10,13-15,28H2,1-2H3. The lowest BCUT2D eigenvalue weighted by Gasteiger charge is -2.31. The van der Waals surface area contributed by atoms with Gasteiger partial charge in [-0.15, -0.1) is 0 Å². The van der Waals surface area contributed by atoms with Gasteiger partial charge in [0.15, 0.2) is 11.2 Å². The first-order valence-electron chi connectivity index (χ1n) is 12.5. The van der Waals surface area contributed by atoms with Gasteiger partial charge in [0, 0.05) is 42.6 Å². The van der Waals surface area contributed by atoms with Gasteiger partial charge in [0.2, 0.25) is 5.95 Å². The summed E-state index contributed by atoms with van der Waals surface area (Å²) in [5.74, 6) is -0.139. The van der Waals surface area contributed by atoms with Gasteiger partial charge in [0.1, 0.15) is 12.6 Å². The number of nitriles is 1. The van der Waals surface area contributed by atoms with Crippen molar-refractivity contribution in [3.05, 3.63) is 62.6 Å². The zero-order valence-electron chi connectivity index (χ0n) is 21.3. The van der Waals surface area contributed by atoms with E-state index >= 15 is 0 Å². The highest BCUT2D eigenvalue weighted by molar-refractivity contribution is 5.87. The number of aromatic nitrogens is 5. The van der Waals surface area contributed by atoms with Crippen LogP contribution in [0.1, 0.15) is 31.0 Å². The Balaban J connectivity index is 1.75. The number of pyridine rings is 1. The lowest BCUT2D eigenvalue weighted by Crippen LogP contribution is -2.44. The van der Waals surface area contributed by atoms with Crippen LogP contribution in [0.5, 0.6) is 0 Å². The summed E-state index contributed by atoms with van der Waals surface area (Å²) in [6, 6.07) is 9.41. The number of carbonyl (C=O) groups is 1. The van der Waals surface area contributed by atoms with Crippen LogP contribution in [0.25, 0.3) is 21.9 Å². The fourth-order valence-electron chi connectivity index (χ4n) is 5.09. The molecule has 1 unspecified atom stereocenters. The molecule has 1 atom stereocenters. The van der Waals surface area contributed by atoms with Crippen LogP contribution in [0.4, 0.5) is 5.95 Å². The number of methoxy groups -OCH3 is 1. The fraction of sp³-hybridized carbons (Fsp3) is 0.385. The van der Waals surface area contributed by atoms with Crippen molar-refractivity contribution in [3.8, 4) is 6.07 Å². The molecule has 0 aliphatic carbocycles. The van der Waals surface area contributed by atoms with E-state index in [0.29, 0.717) is 31.0 Å². The third-order valence-corrected chi connectivity index (χ3v) is 6.96. The first kappa shape index (κ1) is 25.2. The number of hydrogen-bond acceptors (Lipinski definition) is 9. The number of nitrogens with zero attached hydrogens (tertiary/aromatic N) is 7. The van der Waals surface area contributed by atoms with E-state index in [4.69, 9.17) is 10.5 Å². The quantitative estimate of drug-likeness (QED) is 0.369. The molecule has 196 valence electrons. The van der Waals surface area contributed by atoms with Crippen LogP contribution in [-0.4, -0.2) is 55.9 Å². The topological polar surface area (TPSA) is 154 Å². The van der Waals surface area contributed by atoms with Crippen LogP contribution in [0.3, 0.4) is 0 Å². The summed E-state index contributed by atoms with van der Waals surface area (Å²) >= 11 is 0. The number of carbonyl (C=O) groups excluding carboxylic acids is 1. The van der Waals surface area contributed by atoms with Crippen molar-refractivity contribution in [1.82, 2.24) is 23.7 Å². The Kier molecular flexibility index (Phi) is 6.69. The van der Waals surface area contributed by atoms with Crippen LogP contribution in [0, 0.1) is 11.3 Å². The maximum absolute atomic E-state index is 13.9. The number of aryl methyl sites for hydroxylation is 1. The molecule has 0 saturated carbocycles. The van der Waals surface area contributed by atoms with Gasteiger partial charge in [-0.05, 0) is 19.8 Å². The normalized spacial score (nSPS) is 15.6. The average molecular weight is 517 g/mol. The Labute approximate surface area is 217 Å². The van der Waals surface area contributed by atoms with Gasteiger partial charge in [0.05, 0.1) is 24.9 Å². The highest BCUT2D eigenvalue weighted by Crippen LogP contribution is 2.24. The zero-order chi connectivity index (χ0) is 27.0. The Hall–Kier alpha value is -4.50. The number of hydrogen-bond donors (Lipinski definition) is 1. The molecule has 0 spiro atoms. The molecular formula is C26H28N8O4. The number of piperidine rings is 1. The van der Waals surface area contributed by atoms with Crippen molar-refractivity contribution in [2.75, 3.05) is 25.1 Å². The zero-order valence-corrected chi connectivity index (χ0v) is 21.3. The molecule has 0 amide bonds. The second-order valence-corrected chi connectivity index (χ2v) is 9.29. The molecule has 1 aliphatic rings. The number of rotatable bonds is 6. The number of benzene rings is 1. The molecular weight excluding hydrogens is 488 g/mol. The summed E-state index contributed by atoms with van der Waals surface area (Å²) in [5, 5.41) is 11.4. The van der Waals surface area contributed by atoms with Crippen molar-refractivity contribution in [2.45, 2.75) is 45.4 Å². The van der Waals surface area contributed by atoms with Crippen molar-refractivity contribution < 1.29 is 9.53 Å². The maximum Gasteiger partial charge on any atom is 0.333 e. The van der Waals surface area contributed by atoms with Crippen molar-refractivity contribution >= 4 is 33.9 Å². The number of anilines is 1. The molecule has 5 rings (SSSR count). The first-order chi connectivity index (χ1) is 18.4. The molecule has 3 aromatic heterocycles. The highest BCUT2D eigenvalue weighted by Gasteiger charge is 2.27. The number of fused-ring (bicyclic) bond motifs is 2. The molecule has 1 fully saturated rings.